The highest BCUT2D eigenvalue weighted by molar-refractivity contribution is 6.83. The Bertz CT molecular complexity index is 292. The fourth-order valence-electron chi connectivity index (χ4n) is 1.90. The molecular formula is C11H32O6Si4. The predicted molar refractivity (Wildman–Crippen MR) is 93.3 cm³/mol. The van der Waals surface area contributed by atoms with Gasteiger partial charge in [0, 0.05) is 14.2 Å². The van der Waals surface area contributed by atoms with Gasteiger partial charge in [-0.1, -0.05) is 0 Å². The van der Waals surface area contributed by atoms with Crippen LogP contribution in [0.4, 0.5) is 0 Å². The predicted octanol–water partition coefficient (Wildman–Crippen LogP) is 1.69. The molecule has 0 aliphatic carbocycles. The van der Waals surface area contributed by atoms with E-state index in [1.165, 1.54) is 14.2 Å². The van der Waals surface area contributed by atoms with Crippen molar-refractivity contribution in [1.82, 2.24) is 0 Å². The minimum absolute atomic E-state index is 0.467. The van der Waals surface area contributed by atoms with Crippen molar-refractivity contribution in [1.29, 1.82) is 0 Å². The van der Waals surface area contributed by atoms with Gasteiger partial charge in [0.15, 0.2) is 8.32 Å². The van der Waals surface area contributed by atoms with Crippen molar-refractivity contribution in [2.45, 2.75) is 56.9 Å². The zero-order valence-corrected chi connectivity index (χ0v) is 18.4. The molecule has 0 aromatic rings. The van der Waals surface area contributed by atoms with Crippen LogP contribution in [0.3, 0.4) is 0 Å². The summed E-state index contributed by atoms with van der Waals surface area (Å²) in [5.41, 5.74) is 0. The first-order valence-corrected chi connectivity index (χ1v) is 18.0. The Hall–Kier alpha value is 0.628. The summed E-state index contributed by atoms with van der Waals surface area (Å²) in [7, 11) is -7.10. The van der Waals surface area contributed by atoms with E-state index in [-0.39, 0.29) is 0 Å². The van der Waals surface area contributed by atoms with E-state index in [4.69, 9.17) is 13.0 Å². The average Bonchev–Trinajstić information content (AvgIpc) is 2.34. The Morgan fingerprint density at radius 1 is 0.619 bits per heavy atom. The summed E-state index contributed by atoms with van der Waals surface area (Å²) in [4.78, 5) is 30.5. The fraction of sp³-hybridized carbons (Fsp3) is 1.00. The molecule has 10 heteroatoms. The molecule has 0 radical (unpaired) electrons. The van der Waals surface area contributed by atoms with Crippen LogP contribution < -0.4 is 0 Å². The summed E-state index contributed by atoms with van der Waals surface area (Å²) in [5, 5.41) is 0. The van der Waals surface area contributed by atoms with E-state index in [2.05, 4.69) is 0 Å². The second-order valence-corrected chi connectivity index (χ2v) is 21.0. The molecule has 0 amide bonds. The molecule has 0 heterocycles. The fourth-order valence-corrected chi connectivity index (χ4v) is 15.9. The van der Waals surface area contributed by atoms with Crippen molar-refractivity contribution in [3.05, 3.63) is 0 Å². The van der Waals surface area contributed by atoms with E-state index in [0.29, 0.717) is 18.1 Å². The third-order valence-corrected chi connectivity index (χ3v) is 15.3. The van der Waals surface area contributed by atoms with E-state index < -0.39 is 34.0 Å². The molecule has 128 valence electrons. The Kier molecular flexibility index (Phi) is 8.18. The van der Waals surface area contributed by atoms with Crippen LogP contribution in [0.2, 0.25) is 56.9 Å². The Balaban J connectivity index is 4.47. The van der Waals surface area contributed by atoms with Gasteiger partial charge in [-0.05, 0) is 56.9 Å². The lowest BCUT2D eigenvalue weighted by atomic mass is 10.9. The van der Waals surface area contributed by atoms with Crippen LogP contribution >= 0.6 is 0 Å². The Morgan fingerprint density at radius 2 is 0.952 bits per heavy atom. The average molecular weight is 373 g/mol. The minimum atomic E-state index is -2.82. The third kappa shape index (κ3) is 10.1. The van der Waals surface area contributed by atoms with Crippen molar-refractivity contribution in [2.24, 2.45) is 0 Å². The van der Waals surface area contributed by atoms with Crippen LogP contribution in [-0.4, -0.2) is 62.6 Å². The largest absolute Gasteiger partial charge is 0.436 e. The monoisotopic (exact) mass is 372 g/mol. The molecule has 3 N–H and O–H groups in total. The molecule has 0 aliphatic heterocycles. The lowest BCUT2D eigenvalue weighted by Crippen LogP contribution is -2.49. The maximum Gasteiger partial charge on any atom is 0.331 e. The first-order valence-electron chi connectivity index (χ1n) is 7.22. The second-order valence-electron chi connectivity index (χ2n) is 6.80. The summed E-state index contributed by atoms with van der Waals surface area (Å²) in [6.45, 7) is 9.31. The summed E-state index contributed by atoms with van der Waals surface area (Å²) < 4.78 is 16.3. The van der Waals surface area contributed by atoms with Crippen molar-refractivity contribution in [3.8, 4) is 0 Å². The highest BCUT2D eigenvalue weighted by atomic mass is 28.4. The third-order valence-electron chi connectivity index (χ3n) is 3.62. The van der Waals surface area contributed by atoms with Gasteiger partial charge in [0.05, 0.1) is 0 Å². The van der Waals surface area contributed by atoms with E-state index in [0.717, 1.165) is 6.04 Å². The maximum absolute atomic E-state index is 10.5. The van der Waals surface area contributed by atoms with Crippen molar-refractivity contribution < 1.29 is 27.4 Å². The molecule has 21 heavy (non-hydrogen) atoms. The molecular weight excluding hydrogens is 340 g/mol. The lowest BCUT2D eigenvalue weighted by Gasteiger charge is -2.34. The number of hydrogen-bond acceptors (Lipinski definition) is 6. The van der Waals surface area contributed by atoms with Crippen LogP contribution in [-0.2, 0) is 13.0 Å². The van der Waals surface area contributed by atoms with Crippen LogP contribution in [0.1, 0.15) is 0 Å². The van der Waals surface area contributed by atoms with Gasteiger partial charge < -0.3 is 27.4 Å². The molecule has 0 aromatic carbocycles. The van der Waals surface area contributed by atoms with Gasteiger partial charge in [0.1, 0.15) is 0 Å². The van der Waals surface area contributed by atoms with E-state index in [1.807, 2.05) is 13.1 Å². The molecule has 0 saturated carbocycles. The van der Waals surface area contributed by atoms with Crippen LogP contribution in [0.5, 0.6) is 0 Å². The quantitative estimate of drug-likeness (QED) is 0.506. The molecule has 0 spiro atoms. The topological polar surface area (TPSA) is 88.4 Å². The standard InChI is InChI=1S/C11H32O6Si4/c1-15-19(5,12)9-8-18(3,4)17-21(7,14)11-10-20(6,13)16-2/h12-14H,8-11H2,1-7H3. The SMILES string of the molecule is CO[Si](C)(O)CC[Si](C)(C)O[Si](C)(O)CC[Si](C)(O)OC. The van der Waals surface area contributed by atoms with Gasteiger partial charge in [-0.15, -0.1) is 0 Å². The van der Waals surface area contributed by atoms with Crippen LogP contribution in [0, 0.1) is 0 Å². The molecule has 0 aliphatic rings. The molecule has 0 rings (SSSR count). The van der Waals surface area contributed by atoms with Gasteiger partial charge in [-0.25, -0.2) is 0 Å². The maximum atomic E-state index is 10.5. The summed E-state index contributed by atoms with van der Waals surface area (Å²) in [6, 6.07) is 2.30. The van der Waals surface area contributed by atoms with Crippen molar-refractivity contribution in [3.63, 3.8) is 0 Å². The molecule has 0 aromatic heterocycles. The summed E-state index contributed by atoms with van der Waals surface area (Å²) in [6.07, 6.45) is 0. The van der Waals surface area contributed by atoms with Gasteiger partial charge in [0.25, 0.3) is 0 Å². The molecule has 0 fully saturated rings. The van der Waals surface area contributed by atoms with Crippen LogP contribution in [0.15, 0.2) is 0 Å². The Morgan fingerprint density at radius 3 is 1.33 bits per heavy atom. The van der Waals surface area contributed by atoms with Gasteiger partial charge in [0.2, 0.25) is 0 Å². The molecule has 0 saturated heterocycles. The Labute approximate surface area is 132 Å². The zero-order valence-electron chi connectivity index (χ0n) is 14.4. The smallest absolute Gasteiger partial charge is 0.331 e. The van der Waals surface area contributed by atoms with Gasteiger partial charge in [-0.3, -0.25) is 0 Å². The molecule has 3 unspecified atom stereocenters. The van der Waals surface area contributed by atoms with E-state index in [1.54, 1.807) is 19.6 Å². The van der Waals surface area contributed by atoms with Gasteiger partial charge >= 0.3 is 25.7 Å². The van der Waals surface area contributed by atoms with E-state index >= 15 is 0 Å². The lowest BCUT2D eigenvalue weighted by molar-refractivity contribution is 0.294. The molecule has 3 atom stereocenters. The summed E-state index contributed by atoms with van der Waals surface area (Å²) in [5.74, 6) is 0. The normalized spacial score (nSPS) is 21.4. The molecule has 0 bridgehead atoms. The minimum Gasteiger partial charge on any atom is -0.436 e. The number of hydrogen-bond donors (Lipinski definition) is 3. The summed E-state index contributed by atoms with van der Waals surface area (Å²) >= 11 is 0. The highest BCUT2D eigenvalue weighted by Crippen LogP contribution is 2.26. The molecule has 6 nitrogen and oxygen atoms in total. The van der Waals surface area contributed by atoms with Gasteiger partial charge in [-0.2, -0.15) is 0 Å². The first-order chi connectivity index (χ1) is 9.24. The second kappa shape index (κ2) is 7.94. The van der Waals surface area contributed by atoms with Crippen molar-refractivity contribution >= 4 is 34.0 Å². The van der Waals surface area contributed by atoms with Crippen LogP contribution in [0.25, 0.3) is 0 Å². The number of rotatable bonds is 10. The van der Waals surface area contributed by atoms with Crippen molar-refractivity contribution in [2.75, 3.05) is 14.2 Å². The first kappa shape index (κ1) is 21.6. The van der Waals surface area contributed by atoms with E-state index in [9.17, 15) is 14.4 Å². The zero-order chi connectivity index (χ0) is 16.9. The highest BCUT2D eigenvalue weighted by Gasteiger charge is 2.40.